The zero-order chi connectivity index (χ0) is 10.8. The van der Waals surface area contributed by atoms with Crippen molar-refractivity contribution in [2.45, 2.75) is 19.4 Å². The van der Waals surface area contributed by atoms with Gasteiger partial charge in [0, 0.05) is 32.4 Å². The second kappa shape index (κ2) is 4.37. The summed E-state index contributed by atoms with van der Waals surface area (Å²) in [5.74, 6) is 0.900. The van der Waals surface area contributed by atoms with Gasteiger partial charge in [0.05, 0.1) is 5.02 Å². The van der Waals surface area contributed by atoms with Crippen LogP contribution in [0.3, 0.4) is 0 Å². The first kappa shape index (κ1) is 10.7. The SMILES string of the molecule is [CH2]N1CC[C@@H](Nc2cc(C)c(Cl)cn2)C1. The summed E-state index contributed by atoms with van der Waals surface area (Å²) < 4.78 is 0. The van der Waals surface area contributed by atoms with Crippen molar-refractivity contribution in [2.24, 2.45) is 0 Å². The number of hydrogen-bond acceptors (Lipinski definition) is 3. The van der Waals surface area contributed by atoms with Crippen LogP contribution < -0.4 is 5.32 Å². The van der Waals surface area contributed by atoms with Crippen LogP contribution in [0.4, 0.5) is 5.82 Å². The van der Waals surface area contributed by atoms with E-state index in [1.54, 1.807) is 6.20 Å². The number of nitrogens with one attached hydrogen (secondary N) is 1. The molecule has 0 unspecified atom stereocenters. The van der Waals surface area contributed by atoms with Crippen LogP contribution in [-0.4, -0.2) is 29.0 Å². The molecule has 1 fully saturated rings. The third kappa shape index (κ3) is 2.61. The summed E-state index contributed by atoms with van der Waals surface area (Å²) in [5, 5.41) is 4.10. The van der Waals surface area contributed by atoms with Crippen molar-refractivity contribution in [1.82, 2.24) is 9.88 Å². The molecule has 1 aromatic heterocycles. The van der Waals surface area contributed by atoms with Gasteiger partial charge < -0.3 is 5.32 Å². The fourth-order valence-corrected chi connectivity index (χ4v) is 1.88. The third-order valence-corrected chi connectivity index (χ3v) is 3.07. The zero-order valence-electron chi connectivity index (χ0n) is 8.83. The number of aromatic nitrogens is 1. The number of likely N-dealkylation sites (tertiary alicyclic amines) is 1. The van der Waals surface area contributed by atoms with Gasteiger partial charge in [-0.3, -0.25) is 4.90 Å². The lowest BCUT2D eigenvalue weighted by Gasteiger charge is -2.13. The number of aryl methyl sites for hydroxylation is 1. The fourth-order valence-electron chi connectivity index (χ4n) is 1.78. The first-order valence-corrected chi connectivity index (χ1v) is 5.47. The molecule has 15 heavy (non-hydrogen) atoms. The van der Waals surface area contributed by atoms with Gasteiger partial charge in [-0.15, -0.1) is 0 Å². The van der Waals surface area contributed by atoms with Crippen LogP contribution in [0.5, 0.6) is 0 Å². The molecule has 0 aromatic carbocycles. The van der Waals surface area contributed by atoms with Crippen LogP contribution in [-0.2, 0) is 0 Å². The predicted molar refractivity (Wildman–Crippen MR) is 62.9 cm³/mol. The van der Waals surface area contributed by atoms with Gasteiger partial charge >= 0.3 is 0 Å². The molecule has 0 bridgehead atoms. The third-order valence-electron chi connectivity index (χ3n) is 2.67. The Hall–Kier alpha value is -0.800. The second-order valence-corrected chi connectivity index (χ2v) is 4.43. The van der Waals surface area contributed by atoms with Gasteiger partial charge in [0.25, 0.3) is 0 Å². The van der Waals surface area contributed by atoms with Gasteiger partial charge in [0.15, 0.2) is 0 Å². The van der Waals surface area contributed by atoms with E-state index in [2.05, 4.69) is 22.2 Å². The highest BCUT2D eigenvalue weighted by Gasteiger charge is 2.19. The van der Waals surface area contributed by atoms with E-state index in [0.717, 1.165) is 30.9 Å². The summed E-state index contributed by atoms with van der Waals surface area (Å²) in [5.41, 5.74) is 1.05. The lowest BCUT2D eigenvalue weighted by molar-refractivity contribution is 0.457. The Morgan fingerprint density at radius 3 is 3.07 bits per heavy atom. The molecule has 0 amide bonds. The summed E-state index contributed by atoms with van der Waals surface area (Å²) in [6.45, 7) is 4.01. The summed E-state index contributed by atoms with van der Waals surface area (Å²) in [7, 11) is 3.91. The number of rotatable bonds is 2. The molecule has 0 spiro atoms. The Labute approximate surface area is 95.4 Å². The normalized spacial score (nSPS) is 21.9. The molecule has 1 aliphatic heterocycles. The first-order chi connectivity index (χ1) is 7.15. The van der Waals surface area contributed by atoms with Crippen molar-refractivity contribution in [2.75, 3.05) is 18.4 Å². The average Bonchev–Trinajstić information content (AvgIpc) is 2.58. The van der Waals surface area contributed by atoms with Crippen LogP contribution in [0.15, 0.2) is 12.3 Å². The minimum atomic E-state index is 0.454. The van der Waals surface area contributed by atoms with E-state index in [-0.39, 0.29) is 0 Å². The molecule has 1 N–H and O–H groups in total. The summed E-state index contributed by atoms with van der Waals surface area (Å²) in [6.07, 6.45) is 2.81. The highest BCUT2D eigenvalue weighted by molar-refractivity contribution is 6.31. The quantitative estimate of drug-likeness (QED) is 0.836. The monoisotopic (exact) mass is 224 g/mol. The zero-order valence-corrected chi connectivity index (χ0v) is 9.59. The van der Waals surface area contributed by atoms with Crippen molar-refractivity contribution in [3.8, 4) is 0 Å². The smallest absolute Gasteiger partial charge is 0.126 e. The molecule has 1 radical (unpaired) electrons. The molecule has 4 heteroatoms. The topological polar surface area (TPSA) is 28.2 Å². The molecule has 81 valence electrons. The Kier molecular flexibility index (Phi) is 3.12. The van der Waals surface area contributed by atoms with Crippen molar-refractivity contribution < 1.29 is 0 Å². The second-order valence-electron chi connectivity index (χ2n) is 4.03. The molecule has 2 rings (SSSR count). The van der Waals surface area contributed by atoms with Gasteiger partial charge in [0.2, 0.25) is 0 Å². The number of nitrogens with zero attached hydrogens (tertiary/aromatic N) is 2. The fraction of sp³-hybridized carbons (Fsp3) is 0.455. The van der Waals surface area contributed by atoms with Gasteiger partial charge in [-0.2, -0.15) is 0 Å². The van der Waals surface area contributed by atoms with Crippen molar-refractivity contribution in [3.05, 3.63) is 29.9 Å². The molecular weight excluding hydrogens is 210 g/mol. The molecule has 2 heterocycles. The number of pyridine rings is 1. The maximum absolute atomic E-state index is 5.91. The largest absolute Gasteiger partial charge is 0.366 e. The maximum Gasteiger partial charge on any atom is 0.126 e. The molecule has 1 saturated heterocycles. The van der Waals surface area contributed by atoms with Crippen LogP contribution >= 0.6 is 11.6 Å². The minimum absolute atomic E-state index is 0.454. The number of halogens is 1. The molecular formula is C11H15ClN3. The summed E-state index contributed by atoms with van der Waals surface area (Å²) >= 11 is 5.91. The molecule has 0 saturated carbocycles. The van der Waals surface area contributed by atoms with E-state index in [1.165, 1.54) is 0 Å². The van der Waals surface area contributed by atoms with E-state index in [1.807, 2.05) is 13.0 Å². The van der Waals surface area contributed by atoms with Crippen LogP contribution in [0, 0.1) is 14.0 Å². The molecule has 1 atom stereocenters. The number of hydrogen-bond donors (Lipinski definition) is 1. The van der Waals surface area contributed by atoms with Crippen molar-refractivity contribution >= 4 is 17.4 Å². The van der Waals surface area contributed by atoms with Crippen LogP contribution in [0.2, 0.25) is 5.02 Å². The van der Waals surface area contributed by atoms with Crippen LogP contribution in [0.25, 0.3) is 0 Å². The maximum atomic E-state index is 5.91. The number of anilines is 1. The molecule has 1 aliphatic rings. The summed E-state index contributed by atoms with van der Waals surface area (Å²) in [4.78, 5) is 6.32. The van der Waals surface area contributed by atoms with Gasteiger partial charge in [0.1, 0.15) is 5.82 Å². The van der Waals surface area contributed by atoms with Crippen LogP contribution in [0.1, 0.15) is 12.0 Å². The van der Waals surface area contributed by atoms with E-state index < -0.39 is 0 Å². The van der Waals surface area contributed by atoms with E-state index >= 15 is 0 Å². The Morgan fingerprint density at radius 1 is 1.67 bits per heavy atom. The highest BCUT2D eigenvalue weighted by atomic mass is 35.5. The minimum Gasteiger partial charge on any atom is -0.366 e. The standard InChI is InChI=1S/C11H15ClN3/c1-8-5-11(13-6-10(8)12)14-9-3-4-15(2)7-9/h5-6,9H,2-4,7H2,1H3,(H,13,14)/t9-/m1/s1. The predicted octanol–water partition coefficient (Wildman–Crippen LogP) is 2.32. The Morgan fingerprint density at radius 2 is 2.47 bits per heavy atom. The molecule has 0 aliphatic carbocycles. The highest BCUT2D eigenvalue weighted by Crippen LogP contribution is 2.18. The van der Waals surface area contributed by atoms with Gasteiger partial charge in [-0.05, 0) is 25.0 Å². The van der Waals surface area contributed by atoms with E-state index in [4.69, 9.17) is 11.6 Å². The molecule has 3 nitrogen and oxygen atoms in total. The first-order valence-electron chi connectivity index (χ1n) is 5.09. The lowest BCUT2D eigenvalue weighted by Crippen LogP contribution is -2.23. The summed E-state index contributed by atoms with van der Waals surface area (Å²) in [6, 6.07) is 2.43. The average molecular weight is 225 g/mol. The Balaban J connectivity index is 2.02. The van der Waals surface area contributed by atoms with Gasteiger partial charge in [-0.1, -0.05) is 11.6 Å². The molecule has 1 aromatic rings. The van der Waals surface area contributed by atoms with Crippen molar-refractivity contribution in [1.29, 1.82) is 0 Å². The van der Waals surface area contributed by atoms with E-state index in [9.17, 15) is 0 Å². The van der Waals surface area contributed by atoms with Crippen molar-refractivity contribution in [3.63, 3.8) is 0 Å². The van der Waals surface area contributed by atoms with Gasteiger partial charge in [-0.25, -0.2) is 4.98 Å². The van der Waals surface area contributed by atoms with E-state index in [0.29, 0.717) is 11.1 Å². The Bertz CT molecular complexity index is 354. The lowest BCUT2D eigenvalue weighted by atomic mass is 10.2.